The van der Waals surface area contributed by atoms with Crippen molar-refractivity contribution in [3.05, 3.63) is 40.8 Å². The zero-order chi connectivity index (χ0) is 16.5. The second-order valence-corrected chi connectivity index (χ2v) is 6.14. The van der Waals surface area contributed by atoms with Crippen LogP contribution in [-0.2, 0) is 6.54 Å². The summed E-state index contributed by atoms with van der Waals surface area (Å²) in [5.74, 6) is 1.09. The standard InChI is InChI=1S/C15H14N6O2S/c16-14-19-11(10-4-1-5-23-10)12-13(20-14)21(8-18-12)15(22)17-7-9-3-2-6-24-9/h1-6,18H,7-8H2,(H,17,22)(H2,16,19,20). The molecule has 8 nitrogen and oxygen atoms in total. The molecule has 3 aromatic heterocycles. The molecule has 1 aliphatic heterocycles. The van der Waals surface area contributed by atoms with Crippen molar-refractivity contribution in [2.24, 2.45) is 0 Å². The Morgan fingerprint density at radius 2 is 2.33 bits per heavy atom. The van der Waals surface area contributed by atoms with Crippen LogP contribution in [0.5, 0.6) is 0 Å². The van der Waals surface area contributed by atoms with E-state index >= 15 is 0 Å². The van der Waals surface area contributed by atoms with E-state index in [4.69, 9.17) is 10.2 Å². The molecule has 122 valence electrons. The van der Waals surface area contributed by atoms with Crippen molar-refractivity contribution in [3.63, 3.8) is 0 Å². The van der Waals surface area contributed by atoms with Gasteiger partial charge in [0.25, 0.3) is 0 Å². The number of hydrogen-bond donors (Lipinski definition) is 3. The SMILES string of the molecule is Nc1nc(-c2ccco2)c2c(n1)N(C(=O)NCc1cccs1)CN2. The molecule has 0 spiro atoms. The van der Waals surface area contributed by atoms with Gasteiger partial charge in [-0.2, -0.15) is 4.98 Å². The van der Waals surface area contributed by atoms with Crippen LogP contribution in [0.3, 0.4) is 0 Å². The summed E-state index contributed by atoms with van der Waals surface area (Å²) in [5.41, 5.74) is 6.97. The van der Waals surface area contributed by atoms with Gasteiger partial charge in [-0.3, -0.25) is 4.90 Å². The molecule has 0 fully saturated rings. The van der Waals surface area contributed by atoms with Crippen molar-refractivity contribution in [2.75, 3.05) is 22.6 Å². The summed E-state index contributed by atoms with van der Waals surface area (Å²) >= 11 is 1.59. The Bertz CT molecular complexity index is 862. The van der Waals surface area contributed by atoms with E-state index in [1.165, 1.54) is 4.90 Å². The molecule has 2 amide bonds. The van der Waals surface area contributed by atoms with Crippen LogP contribution in [0.1, 0.15) is 4.88 Å². The summed E-state index contributed by atoms with van der Waals surface area (Å²) < 4.78 is 5.39. The van der Waals surface area contributed by atoms with Crippen molar-refractivity contribution in [1.82, 2.24) is 15.3 Å². The Labute approximate surface area is 141 Å². The maximum atomic E-state index is 12.5. The lowest BCUT2D eigenvalue weighted by atomic mass is 10.2. The predicted octanol–water partition coefficient (Wildman–Crippen LogP) is 2.48. The van der Waals surface area contributed by atoms with E-state index in [1.807, 2.05) is 17.5 Å². The lowest BCUT2D eigenvalue weighted by Gasteiger charge is -2.15. The quantitative estimate of drug-likeness (QED) is 0.674. The number of hydrogen-bond acceptors (Lipinski definition) is 7. The van der Waals surface area contributed by atoms with Gasteiger partial charge in [0.15, 0.2) is 11.6 Å². The Balaban J connectivity index is 1.60. The topological polar surface area (TPSA) is 109 Å². The van der Waals surface area contributed by atoms with Gasteiger partial charge in [0.1, 0.15) is 11.4 Å². The number of anilines is 3. The molecule has 4 N–H and O–H groups in total. The number of nitrogens with one attached hydrogen (secondary N) is 2. The van der Waals surface area contributed by atoms with Gasteiger partial charge in [-0.25, -0.2) is 9.78 Å². The monoisotopic (exact) mass is 342 g/mol. The van der Waals surface area contributed by atoms with E-state index in [-0.39, 0.29) is 18.6 Å². The Hall–Kier alpha value is -3.07. The van der Waals surface area contributed by atoms with E-state index in [1.54, 1.807) is 29.7 Å². The van der Waals surface area contributed by atoms with Crippen molar-refractivity contribution < 1.29 is 9.21 Å². The zero-order valence-corrected chi connectivity index (χ0v) is 13.3. The van der Waals surface area contributed by atoms with E-state index in [0.29, 0.717) is 29.5 Å². The number of nitrogen functional groups attached to an aromatic ring is 1. The van der Waals surface area contributed by atoms with Gasteiger partial charge >= 0.3 is 6.03 Å². The second-order valence-electron chi connectivity index (χ2n) is 5.11. The van der Waals surface area contributed by atoms with Crippen molar-refractivity contribution >= 4 is 34.8 Å². The first kappa shape index (κ1) is 14.5. The number of rotatable bonds is 3. The van der Waals surface area contributed by atoms with Crippen LogP contribution in [0.2, 0.25) is 0 Å². The first-order chi connectivity index (χ1) is 11.7. The Morgan fingerprint density at radius 3 is 3.08 bits per heavy atom. The average Bonchev–Trinajstić information content (AvgIpc) is 3.31. The van der Waals surface area contributed by atoms with Gasteiger partial charge in [0, 0.05) is 4.88 Å². The van der Waals surface area contributed by atoms with Gasteiger partial charge in [0.2, 0.25) is 5.95 Å². The van der Waals surface area contributed by atoms with Crippen LogP contribution >= 0.6 is 11.3 Å². The highest BCUT2D eigenvalue weighted by atomic mass is 32.1. The number of carbonyl (C=O) groups is 1. The van der Waals surface area contributed by atoms with Crippen LogP contribution in [0, 0.1) is 0 Å². The highest BCUT2D eigenvalue weighted by Crippen LogP contribution is 2.38. The number of aromatic nitrogens is 2. The second kappa shape index (κ2) is 5.85. The molecule has 4 rings (SSSR count). The molecule has 4 heterocycles. The molecular weight excluding hydrogens is 328 g/mol. The first-order valence-electron chi connectivity index (χ1n) is 7.25. The normalized spacial score (nSPS) is 12.8. The van der Waals surface area contributed by atoms with Crippen LogP contribution < -0.4 is 21.3 Å². The molecule has 0 radical (unpaired) electrons. The molecule has 9 heteroatoms. The van der Waals surface area contributed by atoms with Crippen LogP contribution in [0.4, 0.5) is 22.2 Å². The maximum Gasteiger partial charge on any atom is 0.324 e. The van der Waals surface area contributed by atoms with Crippen LogP contribution in [0.15, 0.2) is 40.3 Å². The smallest absolute Gasteiger partial charge is 0.324 e. The lowest BCUT2D eigenvalue weighted by Crippen LogP contribution is -2.39. The molecule has 0 bridgehead atoms. The molecule has 0 atom stereocenters. The molecule has 0 unspecified atom stereocenters. The van der Waals surface area contributed by atoms with Gasteiger partial charge < -0.3 is 20.8 Å². The molecular formula is C15H14N6O2S. The molecule has 3 aromatic rings. The van der Waals surface area contributed by atoms with Gasteiger partial charge in [-0.05, 0) is 23.6 Å². The third-order valence-electron chi connectivity index (χ3n) is 3.57. The van der Waals surface area contributed by atoms with E-state index in [9.17, 15) is 4.79 Å². The molecule has 0 aromatic carbocycles. The van der Waals surface area contributed by atoms with Crippen molar-refractivity contribution in [1.29, 1.82) is 0 Å². The predicted molar refractivity (Wildman–Crippen MR) is 91.7 cm³/mol. The van der Waals surface area contributed by atoms with E-state index in [2.05, 4.69) is 20.6 Å². The molecule has 0 saturated carbocycles. The minimum absolute atomic E-state index is 0.0832. The number of nitrogens with zero attached hydrogens (tertiary/aromatic N) is 3. The summed E-state index contributed by atoms with van der Waals surface area (Å²) in [5, 5.41) is 7.98. The fourth-order valence-corrected chi connectivity index (χ4v) is 3.13. The number of nitrogens with two attached hydrogens (primary N) is 1. The third-order valence-corrected chi connectivity index (χ3v) is 4.45. The minimum Gasteiger partial charge on any atom is -0.463 e. The van der Waals surface area contributed by atoms with Gasteiger partial charge in [0.05, 0.1) is 19.5 Å². The summed E-state index contributed by atoms with van der Waals surface area (Å²) in [6, 6.07) is 7.21. The molecule has 0 aliphatic carbocycles. The summed E-state index contributed by atoms with van der Waals surface area (Å²) in [6.07, 6.45) is 1.56. The van der Waals surface area contributed by atoms with E-state index < -0.39 is 0 Å². The first-order valence-corrected chi connectivity index (χ1v) is 8.13. The number of urea groups is 1. The summed E-state index contributed by atoms with van der Waals surface area (Å²) in [7, 11) is 0. The average molecular weight is 342 g/mol. The fraction of sp³-hybridized carbons (Fsp3) is 0.133. The molecule has 24 heavy (non-hydrogen) atoms. The van der Waals surface area contributed by atoms with Crippen molar-refractivity contribution in [2.45, 2.75) is 6.54 Å². The lowest BCUT2D eigenvalue weighted by molar-refractivity contribution is 0.246. The van der Waals surface area contributed by atoms with Crippen LogP contribution in [-0.4, -0.2) is 22.7 Å². The number of thiophene rings is 1. The maximum absolute atomic E-state index is 12.5. The molecule has 1 aliphatic rings. The highest BCUT2D eigenvalue weighted by Gasteiger charge is 2.30. The Kier molecular flexibility index (Phi) is 3.54. The number of fused-ring (bicyclic) bond motifs is 1. The molecule has 0 saturated heterocycles. The number of furan rings is 1. The largest absolute Gasteiger partial charge is 0.463 e. The Morgan fingerprint density at radius 1 is 1.42 bits per heavy atom. The number of amides is 2. The van der Waals surface area contributed by atoms with Gasteiger partial charge in [-0.15, -0.1) is 11.3 Å². The number of carbonyl (C=O) groups excluding carboxylic acids is 1. The summed E-state index contributed by atoms with van der Waals surface area (Å²) in [4.78, 5) is 23.5. The van der Waals surface area contributed by atoms with Crippen LogP contribution in [0.25, 0.3) is 11.5 Å². The summed E-state index contributed by atoms with van der Waals surface area (Å²) in [6.45, 7) is 0.755. The van der Waals surface area contributed by atoms with Crippen molar-refractivity contribution in [3.8, 4) is 11.5 Å². The third kappa shape index (κ3) is 2.54. The fourth-order valence-electron chi connectivity index (χ4n) is 2.49. The minimum atomic E-state index is -0.252. The zero-order valence-electron chi connectivity index (χ0n) is 12.5. The van der Waals surface area contributed by atoms with Gasteiger partial charge in [-0.1, -0.05) is 6.07 Å². The highest BCUT2D eigenvalue weighted by molar-refractivity contribution is 7.09. The van der Waals surface area contributed by atoms with E-state index in [0.717, 1.165) is 4.88 Å².